The van der Waals surface area contributed by atoms with E-state index in [-0.39, 0.29) is 17.4 Å². The molecule has 0 spiro atoms. The minimum Gasteiger partial charge on any atom is -0.384 e. The van der Waals surface area contributed by atoms with Crippen LogP contribution in [-0.2, 0) is 4.74 Å². The maximum absolute atomic E-state index is 13.3. The van der Waals surface area contributed by atoms with Crippen LogP contribution in [0, 0.1) is 12.7 Å². The van der Waals surface area contributed by atoms with Crippen LogP contribution < -0.4 is 11.3 Å². The van der Waals surface area contributed by atoms with Crippen molar-refractivity contribution in [1.82, 2.24) is 9.97 Å². The number of aromatic nitrogens is 2. The van der Waals surface area contributed by atoms with Gasteiger partial charge in [0.2, 0.25) is 0 Å². The summed E-state index contributed by atoms with van der Waals surface area (Å²) in [7, 11) is 1.59. The van der Waals surface area contributed by atoms with Crippen LogP contribution in [0.3, 0.4) is 0 Å². The van der Waals surface area contributed by atoms with Crippen LogP contribution in [0.2, 0.25) is 0 Å². The van der Waals surface area contributed by atoms with Gasteiger partial charge in [-0.05, 0) is 6.92 Å². The third-order valence-corrected chi connectivity index (χ3v) is 2.03. The minimum absolute atomic E-state index is 0.00130. The minimum atomic E-state index is -0.522. The van der Waals surface area contributed by atoms with E-state index in [1.54, 1.807) is 14.0 Å². The first-order chi connectivity index (χ1) is 7.10. The molecule has 0 saturated heterocycles. The molecule has 0 aliphatic heterocycles. The molecule has 0 aliphatic carbocycles. The second-order valence-corrected chi connectivity index (χ2v) is 3.33. The highest BCUT2D eigenvalue weighted by Crippen LogP contribution is 2.17. The van der Waals surface area contributed by atoms with Crippen molar-refractivity contribution in [3.8, 4) is 0 Å². The lowest BCUT2D eigenvalue weighted by atomic mass is 10.2. The third kappa shape index (κ3) is 2.60. The summed E-state index contributed by atoms with van der Waals surface area (Å²) in [4.78, 5) is 8.01. The molecule has 1 aromatic rings. The standard InChI is InChI=1S/C9H15FN4O/c1-5(4-15-3)8-12-6(2)7(10)9(13-8)14-11/h5H,4,11H2,1-3H3,(H,12,13,14). The summed E-state index contributed by atoms with van der Waals surface area (Å²) in [5.74, 6) is 5.16. The number of nitrogens with one attached hydrogen (secondary N) is 1. The van der Waals surface area contributed by atoms with Gasteiger partial charge in [0.15, 0.2) is 11.6 Å². The van der Waals surface area contributed by atoms with Crippen LogP contribution in [0.25, 0.3) is 0 Å². The van der Waals surface area contributed by atoms with Gasteiger partial charge >= 0.3 is 0 Å². The number of anilines is 1. The second kappa shape index (κ2) is 4.99. The molecule has 1 aromatic heterocycles. The Morgan fingerprint density at radius 2 is 2.20 bits per heavy atom. The van der Waals surface area contributed by atoms with Crippen molar-refractivity contribution in [2.24, 2.45) is 5.84 Å². The summed E-state index contributed by atoms with van der Waals surface area (Å²) in [5, 5.41) is 0. The molecule has 1 unspecified atom stereocenters. The molecule has 1 rings (SSSR count). The number of aryl methyl sites for hydroxylation is 1. The highest BCUT2D eigenvalue weighted by atomic mass is 19.1. The van der Waals surface area contributed by atoms with Crippen LogP contribution >= 0.6 is 0 Å². The Hall–Kier alpha value is -1.27. The zero-order chi connectivity index (χ0) is 11.4. The number of hydrogen-bond donors (Lipinski definition) is 2. The van der Waals surface area contributed by atoms with Gasteiger partial charge in [0.05, 0.1) is 12.3 Å². The van der Waals surface area contributed by atoms with Gasteiger partial charge in [0.1, 0.15) is 5.82 Å². The lowest BCUT2D eigenvalue weighted by molar-refractivity contribution is 0.181. The molecule has 15 heavy (non-hydrogen) atoms. The number of nitrogens with zero attached hydrogens (tertiary/aromatic N) is 2. The van der Waals surface area contributed by atoms with Gasteiger partial charge < -0.3 is 10.2 Å². The first-order valence-electron chi connectivity index (χ1n) is 4.59. The Morgan fingerprint density at radius 3 is 2.73 bits per heavy atom. The number of nitrogens with two attached hydrogens (primary N) is 1. The number of halogens is 1. The molecular weight excluding hydrogens is 199 g/mol. The van der Waals surface area contributed by atoms with Crippen molar-refractivity contribution in [3.05, 3.63) is 17.3 Å². The van der Waals surface area contributed by atoms with E-state index in [0.717, 1.165) is 0 Å². The Labute approximate surface area is 87.8 Å². The van der Waals surface area contributed by atoms with E-state index < -0.39 is 5.82 Å². The highest BCUT2D eigenvalue weighted by Gasteiger charge is 2.14. The first kappa shape index (κ1) is 11.8. The zero-order valence-electron chi connectivity index (χ0n) is 9.04. The fraction of sp³-hybridized carbons (Fsp3) is 0.556. The SMILES string of the molecule is COCC(C)c1nc(C)c(F)c(NN)n1. The average Bonchev–Trinajstić information content (AvgIpc) is 2.22. The highest BCUT2D eigenvalue weighted by molar-refractivity contribution is 5.36. The molecule has 5 nitrogen and oxygen atoms in total. The van der Waals surface area contributed by atoms with E-state index >= 15 is 0 Å². The van der Waals surface area contributed by atoms with Gasteiger partial charge in [0.25, 0.3) is 0 Å². The zero-order valence-corrected chi connectivity index (χ0v) is 9.04. The fourth-order valence-corrected chi connectivity index (χ4v) is 1.22. The van der Waals surface area contributed by atoms with E-state index in [2.05, 4.69) is 15.4 Å². The van der Waals surface area contributed by atoms with Crippen LogP contribution in [0.15, 0.2) is 0 Å². The Morgan fingerprint density at radius 1 is 1.53 bits per heavy atom. The molecule has 0 amide bonds. The number of rotatable bonds is 4. The van der Waals surface area contributed by atoms with Gasteiger partial charge in [-0.15, -0.1) is 0 Å². The summed E-state index contributed by atoms with van der Waals surface area (Å²) in [6.45, 7) is 3.95. The number of hydrogen-bond acceptors (Lipinski definition) is 5. The van der Waals surface area contributed by atoms with Crippen molar-refractivity contribution in [2.75, 3.05) is 19.1 Å². The van der Waals surface area contributed by atoms with Crippen LogP contribution in [-0.4, -0.2) is 23.7 Å². The topological polar surface area (TPSA) is 73.1 Å². The largest absolute Gasteiger partial charge is 0.384 e. The maximum atomic E-state index is 13.3. The van der Waals surface area contributed by atoms with Crippen molar-refractivity contribution in [1.29, 1.82) is 0 Å². The van der Waals surface area contributed by atoms with E-state index in [1.807, 2.05) is 6.92 Å². The summed E-state index contributed by atoms with van der Waals surface area (Å²) in [6, 6.07) is 0. The number of hydrazine groups is 1. The van der Waals surface area contributed by atoms with Gasteiger partial charge in [-0.1, -0.05) is 6.92 Å². The van der Waals surface area contributed by atoms with Crippen molar-refractivity contribution in [3.63, 3.8) is 0 Å². The molecule has 84 valence electrons. The lowest BCUT2D eigenvalue weighted by Crippen LogP contribution is -2.16. The molecule has 1 heterocycles. The quantitative estimate of drug-likeness (QED) is 0.577. The molecule has 0 bridgehead atoms. The van der Waals surface area contributed by atoms with Crippen LogP contribution in [0.5, 0.6) is 0 Å². The van der Waals surface area contributed by atoms with Crippen molar-refractivity contribution >= 4 is 5.82 Å². The number of methoxy groups -OCH3 is 1. The summed E-state index contributed by atoms with van der Waals surface area (Å²) in [5.41, 5.74) is 2.48. The van der Waals surface area contributed by atoms with Crippen molar-refractivity contribution < 1.29 is 9.13 Å². The molecule has 3 N–H and O–H groups in total. The average molecular weight is 214 g/mol. The maximum Gasteiger partial charge on any atom is 0.187 e. The molecule has 1 atom stereocenters. The van der Waals surface area contributed by atoms with Gasteiger partial charge in [-0.3, -0.25) is 0 Å². The molecule has 0 aliphatic rings. The Bertz CT molecular complexity index is 345. The molecule has 0 fully saturated rings. The van der Waals surface area contributed by atoms with Crippen molar-refractivity contribution in [2.45, 2.75) is 19.8 Å². The van der Waals surface area contributed by atoms with E-state index in [4.69, 9.17) is 10.6 Å². The number of ether oxygens (including phenoxy) is 1. The van der Waals surface area contributed by atoms with Gasteiger partial charge in [-0.2, -0.15) is 0 Å². The van der Waals surface area contributed by atoms with Crippen LogP contribution in [0.1, 0.15) is 24.4 Å². The first-order valence-corrected chi connectivity index (χ1v) is 4.59. The van der Waals surface area contributed by atoms with Crippen LogP contribution in [0.4, 0.5) is 10.2 Å². The number of nitrogen functional groups attached to an aromatic ring is 1. The molecule has 6 heteroatoms. The molecule has 0 saturated carbocycles. The monoisotopic (exact) mass is 214 g/mol. The van der Waals surface area contributed by atoms with E-state index in [1.165, 1.54) is 0 Å². The Balaban J connectivity index is 3.05. The van der Waals surface area contributed by atoms with Gasteiger partial charge in [0, 0.05) is 13.0 Å². The lowest BCUT2D eigenvalue weighted by Gasteiger charge is -2.11. The summed E-state index contributed by atoms with van der Waals surface area (Å²) < 4.78 is 18.3. The van der Waals surface area contributed by atoms with Gasteiger partial charge in [-0.25, -0.2) is 20.2 Å². The predicted molar refractivity (Wildman–Crippen MR) is 54.8 cm³/mol. The third-order valence-electron chi connectivity index (χ3n) is 2.03. The summed E-state index contributed by atoms with van der Waals surface area (Å²) in [6.07, 6.45) is 0. The second-order valence-electron chi connectivity index (χ2n) is 3.33. The molecule has 0 aromatic carbocycles. The Kier molecular flexibility index (Phi) is 3.93. The van der Waals surface area contributed by atoms with E-state index in [9.17, 15) is 4.39 Å². The molecule has 0 radical (unpaired) electrons. The summed E-state index contributed by atoms with van der Waals surface area (Å²) >= 11 is 0. The fourth-order valence-electron chi connectivity index (χ4n) is 1.22. The molecular formula is C9H15FN4O. The smallest absolute Gasteiger partial charge is 0.187 e. The predicted octanol–water partition coefficient (Wildman–Crippen LogP) is 0.960. The van der Waals surface area contributed by atoms with E-state index in [0.29, 0.717) is 12.4 Å². The normalized spacial score (nSPS) is 12.6.